The zero-order chi connectivity index (χ0) is 12.7. The first-order valence-electron chi connectivity index (χ1n) is 6.16. The van der Waals surface area contributed by atoms with Crippen LogP contribution in [0.4, 0.5) is 0 Å². The number of carbonyl (C=O) groups is 1. The second-order valence-corrected chi connectivity index (χ2v) is 5.64. The molecule has 17 heavy (non-hydrogen) atoms. The van der Waals surface area contributed by atoms with Gasteiger partial charge in [0.25, 0.3) is 0 Å². The van der Waals surface area contributed by atoms with Crippen molar-refractivity contribution in [1.29, 1.82) is 0 Å². The number of hydrogen-bond donors (Lipinski definition) is 1. The summed E-state index contributed by atoms with van der Waals surface area (Å²) in [4.78, 5) is 11.5. The molecule has 1 aliphatic rings. The molecule has 2 atom stereocenters. The van der Waals surface area contributed by atoms with E-state index in [0.717, 1.165) is 31.0 Å². The zero-order valence-corrected chi connectivity index (χ0v) is 11.7. The Hall–Kier alpha value is -0.260. The summed E-state index contributed by atoms with van der Waals surface area (Å²) < 4.78 is 10.3. The first-order chi connectivity index (χ1) is 8.13. The van der Waals surface area contributed by atoms with Crippen LogP contribution >= 0.6 is 11.8 Å². The van der Waals surface area contributed by atoms with Crippen molar-refractivity contribution in [2.75, 3.05) is 25.2 Å². The van der Waals surface area contributed by atoms with Gasteiger partial charge in [0.15, 0.2) is 0 Å². The monoisotopic (exact) mass is 261 g/mol. The van der Waals surface area contributed by atoms with E-state index in [2.05, 4.69) is 5.32 Å². The number of rotatable bonds is 7. The van der Waals surface area contributed by atoms with Crippen LogP contribution in [-0.2, 0) is 14.3 Å². The van der Waals surface area contributed by atoms with E-state index in [1.165, 1.54) is 7.11 Å². The number of nitrogens with one attached hydrogen (secondary N) is 1. The van der Waals surface area contributed by atoms with Crippen molar-refractivity contribution in [3.63, 3.8) is 0 Å². The molecule has 0 amide bonds. The van der Waals surface area contributed by atoms with E-state index in [-0.39, 0.29) is 18.1 Å². The van der Waals surface area contributed by atoms with E-state index in [1.54, 1.807) is 11.8 Å². The SMILES string of the molecule is COC(=O)C(CSCC1CCCO1)NC(C)C. The van der Waals surface area contributed by atoms with Gasteiger partial charge in [-0.1, -0.05) is 13.8 Å². The molecule has 0 spiro atoms. The summed E-state index contributed by atoms with van der Waals surface area (Å²) in [6.07, 6.45) is 2.68. The molecule has 0 saturated carbocycles. The highest BCUT2D eigenvalue weighted by atomic mass is 32.2. The zero-order valence-electron chi connectivity index (χ0n) is 10.9. The summed E-state index contributed by atoms with van der Waals surface area (Å²) in [6.45, 7) is 4.94. The Bertz CT molecular complexity index is 230. The van der Waals surface area contributed by atoms with Crippen molar-refractivity contribution < 1.29 is 14.3 Å². The highest BCUT2D eigenvalue weighted by molar-refractivity contribution is 7.99. The van der Waals surface area contributed by atoms with Crippen molar-refractivity contribution in [2.24, 2.45) is 0 Å². The van der Waals surface area contributed by atoms with Crippen LogP contribution in [-0.4, -0.2) is 49.4 Å². The van der Waals surface area contributed by atoms with E-state index in [1.807, 2.05) is 13.8 Å². The predicted molar refractivity (Wildman–Crippen MR) is 70.4 cm³/mol. The van der Waals surface area contributed by atoms with Gasteiger partial charge in [0.05, 0.1) is 13.2 Å². The van der Waals surface area contributed by atoms with E-state index in [4.69, 9.17) is 9.47 Å². The number of thioether (sulfide) groups is 1. The predicted octanol–water partition coefficient (Wildman–Crippen LogP) is 1.44. The molecule has 0 bridgehead atoms. The number of hydrogen-bond acceptors (Lipinski definition) is 5. The topological polar surface area (TPSA) is 47.6 Å². The minimum atomic E-state index is -0.216. The van der Waals surface area contributed by atoms with Crippen LogP contribution in [0.5, 0.6) is 0 Å². The van der Waals surface area contributed by atoms with E-state index in [0.29, 0.717) is 6.10 Å². The van der Waals surface area contributed by atoms with Gasteiger partial charge in [-0.2, -0.15) is 11.8 Å². The summed E-state index contributed by atoms with van der Waals surface area (Å²) in [5.74, 6) is 1.52. The number of esters is 1. The van der Waals surface area contributed by atoms with E-state index < -0.39 is 0 Å². The third-order valence-electron chi connectivity index (χ3n) is 2.63. The molecule has 1 rings (SSSR count). The van der Waals surface area contributed by atoms with Crippen molar-refractivity contribution in [3.8, 4) is 0 Å². The quantitative estimate of drug-likeness (QED) is 0.703. The summed E-state index contributed by atoms with van der Waals surface area (Å²) in [5, 5.41) is 3.22. The molecular weight excluding hydrogens is 238 g/mol. The van der Waals surface area contributed by atoms with Crippen LogP contribution < -0.4 is 5.32 Å². The summed E-state index contributed by atoms with van der Waals surface area (Å²) in [7, 11) is 1.43. The molecule has 0 radical (unpaired) electrons. The number of carbonyl (C=O) groups excluding carboxylic acids is 1. The number of methoxy groups -OCH3 is 1. The second kappa shape index (κ2) is 7.95. The molecule has 1 fully saturated rings. The lowest BCUT2D eigenvalue weighted by Gasteiger charge is -2.19. The fraction of sp³-hybridized carbons (Fsp3) is 0.917. The smallest absolute Gasteiger partial charge is 0.323 e. The Morgan fingerprint density at radius 2 is 2.35 bits per heavy atom. The molecule has 1 saturated heterocycles. The highest BCUT2D eigenvalue weighted by Gasteiger charge is 2.21. The average Bonchev–Trinajstić information content (AvgIpc) is 2.79. The van der Waals surface area contributed by atoms with Crippen LogP contribution in [0.25, 0.3) is 0 Å². The van der Waals surface area contributed by atoms with Crippen LogP contribution in [0.2, 0.25) is 0 Å². The van der Waals surface area contributed by atoms with Crippen LogP contribution in [0.15, 0.2) is 0 Å². The van der Waals surface area contributed by atoms with Gasteiger partial charge in [0.1, 0.15) is 6.04 Å². The standard InChI is InChI=1S/C12H23NO3S/c1-9(2)13-11(12(14)15-3)8-17-7-10-5-4-6-16-10/h9-11,13H,4-8H2,1-3H3. The molecule has 0 aromatic heterocycles. The fourth-order valence-corrected chi connectivity index (χ4v) is 2.95. The van der Waals surface area contributed by atoms with E-state index >= 15 is 0 Å². The maximum Gasteiger partial charge on any atom is 0.323 e. The normalized spacial score (nSPS) is 21.8. The average molecular weight is 261 g/mol. The molecule has 0 aliphatic carbocycles. The Kier molecular flexibility index (Phi) is 6.92. The van der Waals surface area contributed by atoms with Crippen LogP contribution in [0, 0.1) is 0 Å². The molecule has 0 aromatic carbocycles. The molecule has 1 aliphatic heterocycles. The van der Waals surface area contributed by atoms with Gasteiger partial charge >= 0.3 is 5.97 Å². The van der Waals surface area contributed by atoms with Gasteiger partial charge in [-0.3, -0.25) is 4.79 Å². The van der Waals surface area contributed by atoms with Crippen LogP contribution in [0.1, 0.15) is 26.7 Å². The Morgan fingerprint density at radius 1 is 1.59 bits per heavy atom. The van der Waals surface area contributed by atoms with Crippen LogP contribution in [0.3, 0.4) is 0 Å². The first-order valence-corrected chi connectivity index (χ1v) is 7.32. The van der Waals surface area contributed by atoms with Crippen molar-refractivity contribution in [1.82, 2.24) is 5.32 Å². The third kappa shape index (κ3) is 5.75. The first kappa shape index (κ1) is 14.8. The van der Waals surface area contributed by atoms with Gasteiger partial charge in [-0.15, -0.1) is 0 Å². The molecule has 100 valence electrons. The molecule has 1 N–H and O–H groups in total. The van der Waals surface area contributed by atoms with Gasteiger partial charge in [-0.25, -0.2) is 0 Å². The fourth-order valence-electron chi connectivity index (χ4n) is 1.82. The Morgan fingerprint density at radius 3 is 2.88 bits per heavy atom. The maximum atomic E-state index is 11.5. The second-order valence-electron chi connectivity index (χ2n) is 4.57. The van der Waals surface area contributed by atoms with Crippen molar-refractivity contribution >= 4 is 17.7 Å². The minimum absolute atomic E-state index is 0.182. The molecule has 0 aromatic rings. The molecule has 4 nitrogen and oxygen atoms in total. The lowest BCUT2D eigenvalue weighted by molar-refractivity contribution is -0.142. The summed E-state index contributed by atoms with van der Waals surface area (Å²) in [5.41, 5.74) is 0. The highest BCUT2D eigenvalue weighted by Crippen LogP contribution is 2.17. The lowest BCUT2D eigenvalue weighted by Crippen LogP contribution is -2.43. The number of ether oxygens (including phenoxy) is 2. The van der Waals surface area contributed by atoms with Crippen molar-refractivity contribution in [2.45, 2.75) is 44.9 Å². The lowest BCUT2D eigenvalue weighted by atomic mass is 10.3. The molecule has 5 heteroatoms. The molecule has 1 heterocycles. The Balaban J connectivity index is 2.24. The minimum Gasteiger partial charge on any atom is -0.468 e. The van der Waals surface area contributed by atoms with Gasteiger partial charge < -0.3 is 14.8 Å². The third-order valence-corrected chi connectivity index (χ3v) is 3.81. The molecule has 2 unspecified atom stereocenters. The summed E-state index contributed by atoms with van der Waals surface area (Å²) >= 11 is 1.76. The maximum absolute atomic E-state index is 11.5. The Labute approximate surface area is 108 Å². The van der Waals surface area contributed by atoms with Gasteiger partial charge in [-0.05, 0) is 12.8 Å². The van der Waals surface area contributed by atoms with E-state index in [9.17, 15) is 4.79 Å². The molecular formula is C12H23NO3S. The van der Waals surface area contributed by atoms with Crippen molar-refractivity contribution in [3.05, 3.63) is 0 Å². The van der Waals surface area contributed by atoms with Gasteiger partial charge in [0.2, 0.25) is 0 Å². The largest absolute Gasteiger partial charge is 0.468 e. The van der Waals surface area contributed by atoms with Gasteiger partial charge in [0, 0.05) is 24.2 Å². The summed E-state index contributed by atoms with van der Waals surface area (Å²) in [6, 6.07) is 0.0637.